The van der Waals surface area contributed by atoms with Crippen LogP contribution in [0.1, 0.15) is 11.4 Å². The van der Waals surface area contributed by atoms with Crippen LogP contribution in [-0.2, 0) is 0 Å². The van der Waals surface area contributed by atoms with Gasteiger partial charge >= 0.3 is 0 Å². The molecular weight excluding hydrogens is 310 g/mol. The highest BCUT2D eigenvalue weighted by molar-refractivity contribution is 6.30. The van der Waals surface area contributed by atoms with Crippen LogP contribution < -0.4 is 5.32 Å². The number of nitrogens with one attached hydrogen (secondary N) is 1. The first-order valence-corrected chi connectivity index (χ1v) is 7.65. The molecule has 0 atom stereocenters. The maximum absolute atomic E-state index is 6.11. The first-order valence-electron chi connectivity index (χ1n) is 7.27. The number of benzene rings is 2. The van der Waals surface area contributed by atoms with Gasteiger partial charge in [0, 0.05) is 16.1 Å². The predicted octanol–water partition coefficient (Wildman–Crippen LogP) is 4.29. The summed E-state index contributed by atoms with van der Waals surface area (Å²) in [7, 11) is 0. The molecule has 0 bridgehead atoms. The lowest BCUT2D eigenvalue weighted by Gasteiger charge is -2.12. The normalized spacial score (nSPS) is 11.3. The smallest absolute Gasteiger partial charge is 0.215 e. The van der Waals surface area contributed by atoms with Gasteiger partial charge in [-0.3, -0.25) is 0 Å². The molecule has 0 saturated carbocycles. The van der Waals surface area contributed by atoms with E-state index >= 15 is 0 Å². The molecule has 0 radical (unpaired) electrons. The Morgan fingerprint density at radius 3 is 2.74 bits per heavy atom. The molecule has 0 amide bonds. The third-order valence-corrected chi connectivity index (χ3v) is 4.09. The molecule has 0 aliphatic carbocycles. The molecule has 2 heterocycles. The van der Waals surface area contributed by atoms with Gasteiger partial charge in [-0.1, -0.05) is 29.8 Å². The molecule has 0 aliphatic rings. The van der Waals surface area contributed by atoms with Crippen LogP contribution in [0.3, 0.4) is 0 Å². The fraction of sp³-hybridized carbons (Fsp3) is 0.118. The minimum absolute atomic E-state index is 0.673. The molecule has 0 aliphatic heterocycles. The van der Waals surface area contributed by atoms with Gasteiger partial charge in [0.25, 0.3) is 0 Å². The number of rotatable bonds is 2. The molecule has 0 unspecified atom stereocenters. The van der Waals surface area contributed by atoms with Gasteiger partial charge in [-0.15, -0.1) is 10.2 Å². The number of halogens is 1. The molecule has 2 aromatic carbocycles. The molecular formula is C17H14ClN5. The lowest BCUT2D eigenvalue weighted by molar-refractivity contribution is 0.994. The Hall–Kier alpha value is -2.66. The van der Waals surface area contributed by atoms with Crippen molar-refractivity contribution in [2.75, 3.05) is 5.32 Å². The Morgan fingerprint density at radius 2 is 1.87 bits per heavy atom. The number of fused-ring (bicyclic) bond motifs is 3. The van der Waals surface area contributed by atoms with Crippen molar-refractivity contribution in [1.29, 1.82) is 0 Å². The minimum atomic E-state index is 0.673. The van der Waals surface area contributed by atoms with Crippen LogP contribution in [0.4, 0.5) is 11.6 Å². The monoisotopic (exact) mass is 323 g/mol. The van der Waals surface area contributed by atoms with Gasteiger partial charge in [-0.2, -0.15) is 0 Å². The Balaban J connectivity index is 1.97. The molecule has 5 nitrogen and oxygen atoms in total. The summed E-state index contributed by atoms with van der Waals surface area (Å²) in [4.78, 5) is 4.73. The van der Waals surface area contributed by atoms with Crippen molar-refractivity contribution >= 4 is 39.8 Å². The molecule has 4 rings (SSSR count). The summed E-state index contributed by atoms with van der Waals surface area (Å²) < 4.78 is 1.92. The molecule has 2 aromatic heterocycles. The van der Waals surface area contributed by atoms with E-state index in [1.165, 1.54) is 0 Å². The Morgan fingerprint density at radius 1 is 1.04 bits per heavy atom. The van der Waals surface area contributed by atoms with Crippen LogP contribution in [0.5, 0.6) is 0 Å². The van der Waals surface area contributed by atoms with Crippen molar-refractivity contribution in [3.8, 4) is 0 Å². The third kappa shape index (κ3) is 2.29. The first kappa shape index (κ1) is 14.0. The maximum atomic E-state index is 6.11. The summed E-state index contributed by atoms with van der Waals surface area (Å²) >= 11 is 6.11. The Bertz CT molecular complexity index is 1040. The van der Waals surface area contributed by atoms with Crippen LogP contribution in [-0.4, -0.2) is 19.6 Å². The van der Waals surface area contributed by atoms with Crippen molar-refractivity contribution in [3.05, 3.63) is 58.9 Å². The van der Waals surface area contributed by atoms with Gasteiger partial charge in [0.05, 0.1) is 5.52 Å². The maximum Gasteiger partial charge on any atom is 0.215 e. The van der Waals surface area contributed by atoms with E-state index in [4.69, 9.17) is 16.6 Å². The quantitative estimate of drug-likeness (QED) is 0.598. The van der Waals surface area contributed by atoms with E-state index in [9.17, 15) is 0 Å². The SMILES string of the molecule is Cc1ccc(Cl)cc1Nc1nc2ccccc2c2nnc(C)n12. The second-order valence-electron chi connectivity index (χ2n) is 5.44. The molecule has 114 valence electrons. The molecule has 0 saturated heterocycles. The number of para-hydroxylation sites is 1. The predicted molar refractivity (Wildman–Crippen MR) is 92.5 cm³/mol. The van der Waals surface area contributed by atoms with E-state index in [1.54, 1.807) is 0 Å². The van der Waals surface area contributed by atoms with Crippen LogP contribution >= 0.6 is 11.6 Å². The highest BCUT2D eigenvalue weighted by Crippen LogP contribution is 2.27. The fourth-order valence-electron chi connectivity index (χ4n) is 2.65. The molecule has 0 fully saturated rings. The molecule has 4 aromatic rings. The summed E-state index contributed by atoms with van der Waals surface area (Å²) in [6, 6.07) is 13.6. The summed E-state index contributed by atoms with van der Waals surface area (Å²) in [5.74, 6) is 1.45. The average molecular weight is 324 g/mol. The standard InChI is InChI=1S/C17H14ClN5/c1-10-7-8-12(18)9-15(10)20-17-19-14-6-4-3-5-13(14)16-22-21-11(2)23(16)17/h3-9H,1-2H3,(H,19,20). The van der Waals surface area contributed by atoms with E-state index in [-0.39, 0.29) is 0 Å². The summed E-state index contributed by atoms with van der Waals surface area (Å²) in [5, 5.41) is 13.5. The highest BCUT2D eigenvalue weighted by atomic mass is 35.5. The third-order valence-electron chi connectivity index (χ3n) is 3.85. The lowest BCUT2D eigenvalue weighted by Crippen LogP contribution is -2.04. The number of aryl methyl sites for hydroxylation is 2. The molecule has 23 heavy (non-hydrogen) atoms. The number of hydrogen-bond acceptors (Lipinski definition) is 4. The Labute approximate surface area is 137 Å². The van der Waals surface area contributed by atoms with Gasteiger partial charge in [0.15, 0.2) is 5.65 Å². The highest BCUT2D eigenvalue weighted by Gasteiger charge is 2.13. The van der Waals surface area contributed by atoms with Gasteiger partial charge in [0.1, 0.15) is 5.82 Å². The van der Waals surface area contributed by atoms with Crippen molar-refractivity contribution in [3.63, 3.8) is 0 Å². The van der Waals surface area contributed by atoms with E-state index in [0.717, 1.165) is 33.6 Å². The first-order chi connectivity index (χ1) is 11.1. The van der Waals surface area contributed by atoms with Crippen LogP contribution in [0.15, 0.2) is 42.5 Å². The average Bonchev–Trinajstić information content (AvgIpc) is 2.94. The minimum Gasteiger partial charge on any atom is -0.325 e. The summed E-state index contributed by atoms with van der Waals surface area (Å²) in [5.41, 5.74) is 3.66. The Kier molecular flexibility index (Phi) is 3.16. The van der Waals surface area contributed by atoms with Crippen molar-refractivity contribution in [1.82, 2.24) is 19.6 Å². The van der Waals surface area contributed by atoms with Gasteiger partial charge in [0.2, 0.25) is 5.95 Å². The van der Waals surface area contributed by atoms with E-state index in [0.29, 0.717) is 11.0 Å². The summed E-state index contributed by atoms with van der Waals surface area (Å²) in [6.07, 6.45) is 0. The van der Waals surface area contributed by atoms with Crippen molar-refractivity contribution in [2.45, 2.75) is 13.8 Å². The van der Waals surface area contributed by atoms with Gasteiger partial charge < -0.3 is 5.32 Å². The number of hydrogen-bond donors (Lipinski definition) is 1. The molecule has 0 spiro atoms. The largest absolute Gasteiger partial charge is 0.325 e. The van der Waals surface area contributed by atoms with Crippen molar-refractivity contribution in [2.24, 2.45) is 0 Å². The van der Waals surface area contributed by atoms with E-state index in [2.05, 4.69) is 15.5 Å². The van der Waals surface area contributed by atoms with E-state index < -0.39 is 0 Å². The molecule has 6 heteroatoms. The van der Waals surface area contributed by atoms with Crippen LogP contribution in [0.2, 0.25) is 5.02 Å². The second kappa shape index (κ2) is 5.21. The second-order valence-corrected chi connectivity index (χ2v) is 5.88. The number of anilines is 2. The lowest BCUT2D eigenvalue weighted by atomic mass is 10.2. The summed E-state index contributed by atoms with van der Waals surface area (Å²) in [6.45, 7) is 3.93. The van der Waals surface area contributed by atoms with Crippen LogP contribution in [0, 0.1) is 13.8 Å². The van der Waals surface area contributed by atoms with Gasteiger partial charge in [-0.05, 0) is 43.7 Å². The van der Waals surface area contributed by atoms with E-state index in [1.807, 2.05) is 60.7 Å². The van der Waals surface area contributed by atoms with Gasteiger partial charge in [-0.25, -0.2) is 9.38 Å². The zero-order valence-electron chi connectivity index (χ0n) is 12.7. The van der Waals surface area contributed by atoms with Crippen LogP contribution in [0.25, 0.3) is 16.6 Å². The van der Waals surface area contributed by atoms with Crippen molar-refractivity contribution < 1.29 is 0 Å². The fourth-order valence-corrected chi connectivity index (χ4v) is 2.82. The molecule has 1 N–H and O–H groups in total. The number of aromatic nitrogens is 4. The zero-order valence-corrected chi connectivity index (χ0v) is 13.5. The topological polar surface area (TPSA) is 55.1 Å². The number of nitrogens with zero attached hydrogens (tertiary/aromatic N) is 4. The zero-order chi connectivity index (χ0) is 16.0.